The van der Waals surface area contributed by atoms with E-state index in [-0.39, 0.29) is 16.4 Å². The van der Waals surface area contributed by atoms with Crippen molar-refractivity contribution in [2.75, 3.05) is 16.8 Å². The number of amides is 1. The molecule has 7 heteroatoms. The highest BCUT2D eigenvalue weighted by Gasteiger charge is 2.15. The van der Waals surface area contributed by atoms with Gasteiger partial charge in [0.2, 0.25) is 10.0 Å². The fourth-order valence-electron chi connectivity index (χ4n) is 2.80. The normalized spacial score (nSPS) is 11.5. The first-order valence-electron chi connectivity index (χ1n) is 8.45. The number of carbonyl (C=O) groups is 1. The zero-order chi connectivity index (χ0) is 19.5. The quantitative estimate of drug-likeness (QED) is 0.811. The first-order valence-corrected chi connectivity index (χ1v) is 9.99. The average molecular weight is 375 g/mol. The van der Waals surface area contributed by atoms with Crippen LogP contribution in [0.3, 0.4) is 0 Å². The number of sulfonamides is 1. The predicted octanol–water partition coefficient (Wildman–Crippen LogP) is 3.13. The van der Waals surface area contributed by atoms with Gasteiger partial charge in [-0.05, 0) is 69.7 Å². The van der Waals surface area contributed by atoms with Crippen LogP contribution in [-0.2, 0) is 10.0 Å². The lowest BCUT2D eigenvalue weighted by Gasteiger charge is -2.27. The minimum absolute atomic E-state index is 0.0841. The van der Waals surface area contributed by atoms with Gasteiger partial charge in [-0.2, -0.15) is 0 Å². The lowest BCUT2D eigenvalue weighted by atomic mass is 10.1. The fraction of sp³-hybridized carbons (Fsp3) is 0.316. The van der Waals surface area contributed by atoms with Gasteiger partial charge < -0.3 is 10.2 Å². The number of nitrogens with one attached hydrogen (secondary N) is 1. The van der Waals surface area contributed by atoms with Crippen molar-refractivity contribution in [1.82, 2.24) is 0 Å². The fourth-order valence-corrected chi connectivity index (χ4v) is 3.34. The number of carbonyl (C=O) groups excluding carboxylic acids is 1. The molecule has 2 aromatic rings. The van der Waals surface area contributed by atoms with Crippen LogP contribution in [0.1, 0.15) is 36.7 Å². The van der Waals surface area contributed by atoms with Crippen molar-refractivity contribution in [3.05, 3.63) is 53.6 Å². The third kappa shape index (κ3) is 4.62. The van der Waals surface area contributed by atoms with Gasteiger partial charge in [0.15, 0.2) is 0 Å². The molecule has 0 aliphatic rings. The Hall–Kier alpha value is -2.38. The highest BCUT2D eigenvalue weighted by Crippen LogP contribution is 2.21. The molecule has 0 saturated carbocycles. The van der Waals surface area contributed by atoms with Crippen molar-refractivity contribution >= 4 is 27.3 Å². The van der Waals surface area contributed by atoms with Crippen LogP contribution in [0, 0.1) is 6.92 Å². The Morgan fingerprint density at radius 1 is 1.15 bits per heavy atom. The second-order valence-electron chi connectivity index (χ2n) is 6.40. The van der Waals surface area contributed by atoms with Crippen molar-refractivity contribution in [3.8, 4) is 0 Å². The van der Waals surface area contributed by atoms with Crippen molar-refractivity contribution < 1.29 is 13.2 Å². The van der Waals surface area contributed by atoms with E-state index in [1.165, 1.54) is 12.1 Å². The monoisotopic (exact) mass is 375 g/mol. The number of rotatable bonds is 6. The highest BCUT2D eigenvalue weighted by molar-refractivity contribution is 7.89. The van der Waals surface area contributed by atoms with Crippen LogP contribution in [0.5, 0.6) is 0 Å². The number of nitrogens with zero attached hydrogens (tertiary/aromatic N) is 1. The molecule has 0 fully saturated rings. The molecule has 0 spiro atoms. The molecule has 0 bridgehead atoms. The van der Waals surface area contributed by atoms with Gasteiger partial charge in [-0.25, -0.2) is 13.6 Å². The van der Waals surface area contributed by atoms with E-state index in [2.05, 4.69) is 31.0 Å². The molecule has 0 saturated heterocycles. The molecule has 0 aromatic heterocycles. The number of anilines is 2. The van der Waals surface area contributed by atoms with Crippen LogP contribution < -0.4 is 15.4 Å². The summed E-state index contributed by atoms with van der Waals surface area (Å²) in [6, 6.07) is 12.2. The second-order valence-corrected chi connectivity index (χ2v) is 7.96. The third-order valence-corrected chi connectivity index (χ3v) is 5.11. The van der Waals surface area contributed by atoms with E-state index in [0.29, 0.717) is 17.3 Å². The predicted molar refractivity (Wildman–Crippen MR) is 105 cm³/mol. The standard InChI is InChI=1S/C19H25N3O3S/c1-5-22(13(2)3)16-9-7-15(8-10-16)21-19(23)18-12-17(26(20,24)25)11-6-14(18)4/h6-13H,5H2,1-4H3,(H,21,23)(H2,20,24,25). The van der Waals surface area contributed by atoms with E-state index in [0.717, 1.165) is 12.2 Å². The van der Waals surface area contributed by atoms with Gasteiger partial charge in [0, 0.05) is 29.5 Å². The van der Waals surface area contributed by atoms with Gasteiger partial charge in [-0.3, -0.25) is 4.79 Å². The molecule has 2 aromatic carbocycles. The minimum Gasteiger partial charge on any atom is -0.369 e. The maximum absolute atomic E-state index is 12.5. The number of primary sulfonamides is 1. The molecule has 6 nitrogen and oxygen atoms in total. The molecule has 3 N–H and O–H groups in total. The van der Waals surface area contributed by atoms with Crippen molar-refractivity contribution in [2.24, 2.45) is 5.14 Å². The first-order chi connectivity index (χ1) is 12.1. The maximum atomic E-state index is 12.5. The zero-order valence-electron chi connectivity index (χ0n) is 15.5. The number of aryl methyl sites for hydroxylation is 1. The zero-order valence-corrected chi connectivity index (χ0v) is 16.3. The SMILES string of the molecule is CCN(c1ccc(NC(=O)c2cc(S(N)(=O)=O)ccc2C)cc1)C(C)C. The third-order valence-electron chi connectivity index (χ3n) is 4.20. The molecule has 0 radical (unpaired) electrons. The lowest BCUT2D eigenvalue weighted by Crippen LogP contribution is -2.30. The Morgan fingerprint density at radius 3 is 2.27 bits per heavy atom. The van der Waals surface area contributed by atoms with Crippen LogP contribution in [0.25, 0.3) is 0 Å². The maximum Gasteiger partial charge on any atom is 0.255 e. The van der Waals surface area contributed by atoms with Gasteiger partial charge in [0.25, 0.3) is 5.91 Å². The molecule has 0 heterocycles. The van der Waals surface area contributed by atoms with E-state index in [1.807, 2.05) is 24.3 Å². The second kappa shape index (κ2) is 7.88. The van der Waals surface area contributed by atoms with E-state index in [9.17, 15) is 13.2 Å². The summed E-state index contributed by atoms with van der Waals surface area (Å²) in [6.07, 6.45) is 0. The summed E-state index contributed by atoms with van der Waals surface area (Å²) in [5.41, 5.74) is 2.66. The molecule has 0 unspecified atom stereocenters. The van der Waals surface area contributed by atoms with E-state index >= 15 is 0 Å². The molecule has 0 aliphatic carbocycles. The molecular formula is C19H25N3O3S. The minimum atomic E-state index is -3.86. The van der Waals surface area contributed by atoms with E-state index in [1.54, 1.807) is 13.0 Å². The Bertz CT molecular complexity index is 891. The summed E-state index contributed by atoms with van der Waals surface area (Å²) < 4.78 is 23.0. The Balaban J connectivity index is 2.23. The Morgan fingerprint density at radius 2 is 1.77 bits per heavy atom. The van der Waals surface area contributed by atoms with Gasteiger partial charge in [-0.1, -0.05) is 6.07 Å². The van der Waals surface area contributed by atoms with Crippen molar-refractivity contribution in [1.29, 1.82) is 0 Å². The largest absolute Gasteiger partial charge is 0.369 e. The Kier molecular flexibility index (Phi) is 6.05. The molecule has 1 amide bonds. The van der Waals surface area contributed by atoms with Gasteiger partial charge in [0.1, 0.15) is 0 Å². The van der Waals surface area contributed by atoms with Gasteiger partial charge >= 0.3 is 0 Å². The van der Waals surface area contributed by atoms with E-state index in [4.69, 9.17) is 5.14 Å². The number of hydrogen-bond acceptors (Lipinski definition) is 4. The molecule has 140 valence electrons. The van der Waals surface area contributed by atoms with Crippen molar-refractivity contribution in [2.45, 2.75) is 38.6 Å². The molecular weight excluding hydrogens is 350 g/mol. The molecule has 0 aliphatic heterocycles. The number of benzene rings is 2. The summed E-state index contributed by atoms with van der Waals surface area (Å²) >= 11 is 0. The van der Waals surface area contributed by atoms with E-state index < -0.39 is 10.0 Å². The smallest absolute Gasteiger partial charge is 0.255 e. The lowest BCUT2D eigenvalue weighted by molar-refractivity contribution is 0.102. The van der Waals surface area contributed by atoms with Gasteiger partial charge in [0.05, 0.1) is 4.90 Å². The number of hydrogen-bond donors (Lipinski definition) is 2. The highest BCUT2D eigenvalue weighted by atomic mass is 32.2. The topological polar surface area (TPSA) is 92.5 Å². The van der Waals surface area contributed by atoms with Crippen LogP contribution in [0.2, 0.25) is 0 Å². The summed E-state index contributed by atoms with van der Waals surface area (Å²) in [5.74, 6) is -0.378. The Labute approximate surface area is 155 Å². The summed E-state index contributed by atoms with van der Waals surface area (Å²) in [7, 11) is -3.86. The summed E-state index contributed by atoms with van der Waals surface area (Å²) in [6.45, 7) is 8.98. The van der Waals surface area contributed by atoms with Gasteiger partial charge in [-0.15, -0.1) is 0 Å². The molecule has 26 heavy (non-hydrogen) atoms. The number of nitrogens with two attached hydrogens (primary N) is 1. The van der Waals surface area contributed by atoms with Crippen LogP contribution in [0.15, 0.2) is 47.4 Å². The van der Waals surface area contributed by atoms with Crippen LogP contribution in [-0.4, -0.2) is 26.9 Å². The molecule has 2 rings (SSSR count). The van der Waals surface area contributed by atoms with Crippen LogP contribution in [0.4, 0.5) is 11.4 Å². The first kappa shape index (κ1) is 19.9. The average Bonchev–Trinajstić information content (AvgIpc) is 2.56. The summed E-state index contributed by atoms with van der Waals surface area (Å²) in [4.78, 5) is 14.7. The summed E-state index contributed by atoms with van der Waals surface area (Å²) in [5, 5.41) is 7.94. The van der Waals surface area contributed by atoms with Crippen molar-refractivity contribution in [3.63, 3.8) is 0 Å². The molecule has 0 atom stereocenters. The van der Waals surface area contributed by atoms with Crippen LogP contribution >= 0.6 is 0 Å².